The zero-order chi connectivity index (χ0) is 21.2. The van der Waals surface area contributed by atoms with Crippen molar-refractivity contribution in [2.45, 2.75) is 32.7 Å². The molecule has 0 aliphatic carbocycles. The van der Waals surface area contributed by atoms with Gasteiger partial charge in [-0.25, -0.2) is 0 Å². The number of anilines is 1. The van der Waals surface area contributed by atoms with E-state index < -0.39 is 5.91 Å². The van der Waals surface area contributed by atoms with Crippen LogP contribution in [0.3, 0.4) is 0 Å². The number of likely N-dealkylation sites (tertiary alicyclic amines) is 1. The second-order valence-corrected chi connectivity index (χ2v) is 5.18. The summed E-state index contributed by atoms with van der Waals surface area (Å²) in [7, 11) is 5.56. The standard InChI is InChI=1S/C7H8N4O.C7H15NO.C3H4O.C2H6/c1-3-4-5(6(8)12)7(9-2)11-10-4;1-8-5-3-4-7(8)6-9-2;1-2-3-4;1-2/h1H,2H3,(H2,8,12)(H2,9,10,11);7H,3-6H2,1-2H3;2-3H,1H2;1-2H3. The predicted molar refractivity (Wildman–Crippen MR) is 110 cm³/mol. The minimum atomic E-state index is -0.596. The number of aromatic nitrogens is 2. The number of rotatable bonds is 5. The maximum absolute atomic E-state index is 10.8. The average molecular weight is 380 g/mol. The van der Waals surface area contributed by atoms with E-state index in [-0.39, 0.29) is 5.56 Å². The molecule has 0 bridgehead atoms. The van der Waals surface area contributed by atoms with Crippen LogP contribution in [-0.4, -0.2) is 67.7 Å². The number of amides is 1. The number of H-pyrrole nitrogens is 1. The van der Waals surface area contributed by atoms with Crippen LogP contribution in [-0.2, 0) is 9.53 Å². The number of aromatic amines is 1. The van der Waals surface area contributed by atoms with Crippen LogP contribution >= 0.6 is 0 Å². The van der Waals surface area contributed by atoms with Crippen molar-refractivity contribution >= 4 is 18.0 Å². The fourth-order valence-corrected chi connectivity index (χ4v) is 2.25. The lowest BCUT2D eigenvalue weighted by atomic mass is 10.2. The van der Waals surface area contributed by atoms with Crippen LogP contribution in [0.25, 0.3) is 0 Å². The monoisotopic (exact) mass is 379 g/mol. The highest BCUT2D eigenvalue weighted by Gasteiger charge is 2.19. The Bertz CT molecular complexity index is 587. The number of likely N-dealkylation sites (N-methyl/N-ethyl adjacent to an activating group) is 1. The summed E-state index contributed by atoms with van der Waals surface area (Å²) in [6, 6.07) is 0.690. The number of ether oxygens (including phenoxy) is 1. The number of primary amides is 1. The van der Waals surface area contributed by atoms with Crippen LogP contribution in [0.5, 0.6) is 0 Å². The lowest BCUT2D eigenvalue weighted by Crippen LogP contribution is -2.28. The Morgan fingerprint density at radius 1 is 1.59 bits per heavy atom. The normalized spacial score (nSPS) is 14.7. The van der Waals surface area contributed by atoms with Crippen molar-refractivity contribution in [3.05, 3.63) is 23.9 Å². The van der Waals surface area contributed by atoms with Gasteiger partial charge in [-0.3, -0.25) is 14.7 Å². The molecular formula is C19H33N5O3. The molecule has 0 aromatic carbocycles. The zero-order valence-corrected chi connectivity index (χ0v) is 17.0. The zero-order valence-electron chi connectivity index (χ0n) is 17.0. The first-order valence-corrected chi connectivity index (χ1v) is 8.74. The number of terminal acetylenes is 1. The second kappa shape index (κ2) is 16.8. The van der Waals surface area contributed by atoms with E-state index in [1.165, 1.54) is 25.5 Å². The number of hydrogen-bond donors (Lipinski definition) is 3. The van der Waals surface area contributed by atoms with E-state index in [2.05, 4.69) is 40.0 Å². The van der Waals surface area contributed by atoms with Gasteiger partial charge in [-0.2, -0.15) is 5.10 Å². The number of allylic oxidation sites excluding steroid dienone is 1. The maximum Gasteiger partial charge on any atom is 0.255 e. The molecule has 152 valence electrons. The minimum absolute atomic E-state index is 0.222. The van der Waals surface area contributed by atoms with Gasteiger partial charge >= 0.3 is 0 Å². The summed E-state index contributed by atoms with van der Waals surface area (Å²) < 4.78 is 5.05. The molecule has 1 aromatic heterocycles. The van der Waals surface area contributed by atoms with E-state index in [9.17, 15) is 4.79 Å². The molecule has 0 saturated carbocycles. The summed E-state index contributed by atoms with van der Waals surface area (Å²) in [4.78, 5) is 22.3. The maximum atomic E-state index is 10.8. The van der Waals surface area contributed by atoms with Gasteiger partial charge in [0.25, 0.3) is 5.91 Å². The number of carbonyl (C=O) groups is 2. The molecule has 8 nitrogen and oxygen atoms in total. The van der Waals surface area contributed by atoms with Crippen molar-refractivity contribution in [1.29, 1.82) is 0 Å². The molecule has 2 heterocycles. The number of aldehydes is 1. The first-order chi connectivity index (χ1) is 13.0. The lowest BCUT2D eigenvalue weighted by Gasteiger charge is -2.17. The number of hydrogen-bond acceptors (Lipinski definition) is 6. The Morgan fingerprint density at radius 2 is 2.19 bits per heavy atom. The summed E-state index contributed by atoms with van der Waals surface area (Å²) in [5.74, 6) is 2.05. The lowest BCUT2D eigenvalue weighted by molar-refractivity contribution is -0.104. The molecule has 0 spiro atoms. The Balaban J connectivity index is 0. The fourth-order valence-electron chi connectivity index (χ4n) is 2.25. The molecule has 1 aliphatic rings. The molecule has 1 fully saturated rings. The molecule has 1 aromatic rings. The molecule has 8 heteroatoms. The Hall–Kier alpha value is -2.63. The number of carbonyl (C=O) groups excluding carboxylic acids is 2. The van der Waals surface area contributed by atoms with Crippen molar-refractivity contribution in [3.63, 3.8) is 0 Å². The molecule has 1 aliphatic heterocycles. The summed E-state index contributed by atoms with van der Waals surface area (Å²) in [6.45, 7) is 9.25. The smallest absolute Gasteiger partial charge is 0.255 e. The summed E-state index contributed by atoms with van der Waals surface area (Å²) >= 11 is 0. The molecule has 2 rings (SSSR count). The van der Waals surface area contributed by atoms with Crippen LogP contribution in [0.2, 0.25) is 0 Å². The quantitative estimate of drug-likeness (QED) is 0.407. The third-order valence-electron chi connectivity index (χ3n) is 3.52. The number of nitrogens with two attached hydrogens (primary N) is 1. The number of nitrogens with one attached hydrogen (secondary N) is 2. The number of nitrogens with zero attached hydrogens (tertiary/aromatic N) is 2. The third-order valence-corrected chi connectivity index (χ3v) is 3.52. The first kappa shape index (κ1) is 26.6. The molecule has 1 unspecified atom stereocenters. The van der Waals surface area contributed by atoms with Gasteiger partial charge in [0, 0.05) is 20.2 Å². The van der Waals surface area contributed by atoms with Gasteiger partial charge in [0.1, 0.15) is 17.5 Å². The van der Waals surface area contributed by atoms with E-state index in [1.807, 2.05) is 13.8 Å². The molecule has 1 amide bonds. The summed E-state index contributed by atoms with van der Waals surface area (Å²) in [6.07, 6.45) is 9.58. The van der Waals surface area contributed by atoms with Crippen molar-refractivity contribution in [3.8, 4) is 12.3 Å². The highest BCUT2D eigenvalue weighted by molar-refractivity contribution is 5.99. The van der Waals surface area contributed by atoms with Crippen molar-refractivity contribution in [1.82, 2.24) is 15.1 Å². The summed E-state index contributed by atoms with van der Waals surface area (Å²) in [5, 5.41) is 8.95. The topological polar surface area (TPSA) is 113 Å². The van der Waals surface area contributed by atoms with Gasteiger partial charge in [0.15, 0.2) is 5.82 Å². The molecule has 1 atom stereocenters. The SMILES string of the molecule is C#Cc1[nH]nc(NC)c1C(N)=O.C=CC=O.CC.COCC1CCCN1C. The largest absolute Gasteiger partial charge is 0.383 e. The van der Waals surface area contributed by atoms with Gasteiger partial charge in [0.2, 0.25) is 0 Å². The van der Waals surface area contributed by atoms with Gasteiger partial charge in [-0.1, -0.05) is 20.4 Å². The van der Waals surface area contributed by atoms with Gasteiger partial charge in [-0.05, 0) is 38.4 Å². The van der Waals surface area contributed by atoms with E-state index in [0.29, 0.717) is 23.8 Å². The van der Waals surface area contributed by atoms with E-state index >= 15 is 0 Å². The van der Waals surface area contributed by atoms with Crippen LogP contribution in [0, 0.1) is 12.3 Å². The average Bonchev–Trinajstić information content (AvgIpc) is 3.30. The van der Waals surface area contributed by atoms with Crippen molar-refractivity contribution in [2.24, 2.45) is 5.73 Å². The van der Waals surface area contributed by atoms with Crippen LogP contribution < -0.4 is 11.1 Å². The molecule has 4 N–H and O–H groups in total. The minimum Gasteiger partial charge on any atom is -0.383 e. The summed E-state index contributed by atoms with van der Waals surface area (Å²) in [5.41, 5.74) is 5.60. The highest BCUT2D eigenvalue weighted by atomic mass is 16.5. The first-order valence-electron chi connectivity index (χ1n) is 8.74. The van der Waals surface area contributed by atoms with E-state index in [0.717, 1.165) is 6.61 Å². The molecule has 27 heavy (non-hydrogen) atoms. The number of methoxy groups -OCH3 is 1. The predicted octanol–water partition coefficient (Wildman–Crippen LogP) is 1.66. The van der Waals surface area contributed by atoms with Crippen LogP contribution in [0.1, 0.15) is 42.7 Å². The molecule has 0 radical (unpaired) electrons. The van der Waals surface area contributed by atoms with Gasteiger partial charge in [-0.15, -0.1) is 6.42 Å². The fraction of sp³-hybridized carbons (Fsp3) is 0.526. The van der Waals surface area contributed by atoms with E-state index in [1.54, 1.807) is 14.2 Å². The third kappa shape index (κ3) is 10.2. The van der Waals surface area contributed by atoms with E-state index in [4.69, 9.17) is 21.7 Å². The van der Waals surface area contributed by atoms with Crippen LogP contribution in [0.4, 0.5) is 5.82 Å². The second-order valence-electron chi connectivity index (χ2n) is 5.18. The van der Waals surface area contributed by atoms with Crippen LogP contribution in [0.15, 0.2) is 12.7 Å². The van der Waals surface area contributed by atoms with Crippen molar-refractivity contribution < 1.29 is 14.3 Å². The van der Waals surface area contributed by atoms with Gasteiger partial charge < -0.3 is 20.7 Å². The Labute approximate surface area is 162 Å². The molecular weight excluding hydrogens is 346 g/mol. The Kier molecular flexibility index (Phi) is 16.6. The van der Waals surface area contributed by atoms with Gasteiger partial charge in [0.05, 0.1) is 6.61 Å². The van der Waals surface area contributed by atoms with Crippen molar-refractivity contribution in [2.75, 3.05) is 39.7 Å². The highest BCUT2D eigenvalue weighted by Crippen LogP contribution is 2.14. The Morgan fingerprint density at radius 3 is 2.52 bits per heavy atom. The molecule has 1 saturated heterocycles.